The lowest BCUT2D eigenvalue weighted by atomic mass is 10.1. The second kappa shape index (κ2) is 7.63. The second-order valence-electron chi connectivity index (χ2n) is 4.78. The normalized spacial score (nSPS) is 11.4. The van der Waals surface area contributed by atoms with E-state index in [0.29, 0.717) is 18.0 Å². The Balaban J connectivity index is 1.98. The van der Waals surface area contributed by atoms with Crippen LogP contribution in [0.3, 0.4) is 0 Å². The number of methoxy groups -OCH3 is 1. The molecule has 0 spiro atoms. The summed E-state index contributed by atoms with van der Waals surface area (Å²) < 4.78 is 32.3. The topological polar surface area (TPSA) is 55.4 Å². The highest BCUT2D eigenvalue weighted by Gasteiger charge is 2.19. The Morgan fingerprint density at radius 1 is 1.14 bits per heavy atom. The fraction of sp³-hybridized carbons (Fsp3) is 0.250. The van der Waals surface area contributed by atoms with Crippen molar-refractivity contribution in [3.63, 3.8) is 0 Å². The number of benzene rings is 2. The van der Waals surface area contributed by atoms with Gasteiger partial charge in [-0.2, -0.15) is 0 Å². The monoisotopic (exact) mass is 339 g/mol. The van der Waals surface area contributed by atoms with E-state index < -0.39 is 10.0 Å². The number of hydrogen-bond acceptors (Lipinski definition) is 3. The molecule has 0 aliphatic rings. The molecule has 0 unspecified atom stereocenters. The van der Waals surface area contributed by atoms with Crippen molar-refractivity contribution < 1.29 is 13.2 Å². The van der Waals surface area contributed by atoms with Gasteiger partial charge in [-0.15, -0.1) is 0 Å². The zero-order valence-corrected chi connectivity index (χ0v) is 13.8. The summed E-state index contributed by atoms with van der Waals surface area (Å²) in [6.45, 7) is 0.354. The quantitative estimate of drug-likeness (QED) is 0.788. The second-order valence-corrected chi connectivity index (χ2v) is 6.95. The first kappa shape index (κ1) is 16.8. The Morgan fingerprint density at radius 3 is 2.55 bits per heavy atom. The average Bonchev–Trinajstić information content (AvgIpc) is 2.52. The van der Waals surface area contributed by atoms with Crippen LogP contribution in [0.25, 0.3) is 0 Å². The van der Waals surface area contributed by atoms with Crippen molar-refractivity contribution in [2.24, 2.45) is 0 Å². The highest BCUT2D eigenvalue weighted by Crippen LogP contribution is 2.26. The fourth-order valence-electron chi connectivity index (χ4n) is 2.08. The molecule has 4 nitrogen and oxygen atoms in total. The predicted molar refractivity (Wildman–Crippen MR) is 88.0 cm³/mol. The van der Waals surface area contributed by atoms with Gasteiger partial charge in [0.05, 0.1) is 7.11 Å². The first-order chi connectivity index (χ1) is 10.5. The van der Waals surface area contributed by atoms with Crippen LogP contribution >= 0.6 is 11.6 Å². The first-order valence-electron chi connectivity index (χ1n) is 6.90. The van der Waals surface area contributed by atoms with E-state index in [-0.39, 0.29) is 10.6 Å². The summed E-state index contributed by atoms with van der Waals surface area (Å²) in [7, 11) is -2.21. The molecule has 0 saturated heterocycles. The van der Waals surface area contributed by atoms with Gasteiger partial charge in [-0.25, -0.2) is 13.1 Å². The Kier molecular flexibility index (Phi) is 5.83. The maximum atomic E-state index is 12.3. The van der Waals surface area contributed by atoms with E-state index in [1.165, 1.54) is 18.7 Å². The highest BCUT2D eigenvalue weighted by atomic mass is 35.5. The van der Waals surface area contributed by atoms with Crippen LogP contribution < -0.4 is 9.46 Å². The van der Waals surface area contributed by atoms with Crippen molar-refractivity contribution in [2.75, 3.05) is 13.7 Å². The lowest BCUT2D eigenvalue weighted by molar-refractivity contribution is 0.402. The van der Waals surface area contributed by atoms with Crippen molar-refractivity contribution in [1.82, 2.24) is 4.72 Å². The molecule has 0 amide bonds. The van der Waals surface area contributed by atoms with Gasteiger partial charge in [0, 0.05) is 11.6 Å². The van der Waals surface area contributed by atoms with Crippen molar-refractivity contribution >= 4 is 21.6 Å². The van der Waals surface area contributed by atoms with E-state index >= 15 is 0 Å². The molecule has 2 aromatic carbocycles. The van der Waals surface area contributed by atoms with Gasteiger partial charge in [-0.3, -0.25) is 0 Å². The van der Waals surface area contributed by atoms with Gasteiger partial charge in [0.15, 0.2) is 0 Å². The predicted octanol–water partition coefficient (Wildman–Crippen LogP) is 3.26. The number of halogens is 1. The summed E-state index contributed by atoms with van der Waals surface area (Å²) >= 11 is 5.87. The Bertz CT molecular complexity index is 717. The van der Waals surface area contributed by atoms with Crippen LogP contribution in [0.4, 0.5) is 0 Å². The summed E-state index contributed by atoms with van der Waals surface area (Å²) in [6, 6.07) is 14.5. The Hall–Kier alpha value is -1.56. The van der Waals surface area contributed by atoms with Crippen LogP contribution in [0.15, 0.2) is 53.4 Å². The summed E-state index contributed by atoms with van der Waals surface area (Å²) in [5.74, 6) is 0.278. The van der Waals surface area contributed by atoms with Crippen LogP contribution in [-0.4, -0.2) is 22.1 Å². The first-order valence-corrected chi connectivity index (χ1v) is 8.76. The Morgan fingerprint density at radius 2 is 1.86 bits per heavy atom. The molecule has 0 atom stereocenters. The highest BCUT2D eigenvalue weighted by molar-refractivity contribution is 7.89. The molecule has 118 valence electrons. The van der Waals surface area contributed by atoms with Crippen molar-refractivity contribution in [3.05, 3.63) is 59.1 Å². The Labute approximate surface area is 136 Å². The van der Waals surface area contributed by atoms with E-state index in [1.807, 2.05) is 30.3 Å². The van der Waals surface area contributed by atoms with Gasteiger partial charge in [0.1, 0.15) is 10.6 Å². The summed E-state index contributed by atoms with van der Waals surface area (Å²) in [5, 5.41) is 0.352. The van der Waals surface area contributed by atoms with Crippen LogP contribution in [0.2, 0.25) is 5.02 Å². The largest absolute Gasteiger partial charge is 0.495 e. The maximum Gasteiger partial charge on any atom is 0.244 e. The van der Waals surface area contributed by atoms with Gasteiger partial charge in [0.25, 0.3) is 0 Å². The number of sulfonamides is 1. The summed E-state index contributed by atoms with van der Waals surface area (Å²) in [6.07, 6.45) is 1.53. The SMILES string of the molecule is COc1ccc(Cl)cc1S(=O)(=O)NCCCc1ccccc1. The third-order valence-corrected chi connectivity index (χ3v) is 4.91. The number of hydrogen-bond donors (Lipinski definition) is 1. The third kappa shape index (κ3) is 4.47. The zero-order chi connectivity index (χ0) is 16.0. The van der Waals surface area contributed by atoms with E-state index in [2.05, 4.69) is 4.72 Å². The number of nitrogens with one attached hydrogen (secondary N) is 1. The summed E-state index contributed by atoms with van der Waals surface area (Å²) in [4.78, 5) is 0.0576. The number of aryl methyl sites for hydroxylation is 1. The molecule has 0 radical (unpaired) electrons. The molecular weight excluding hydrogens is 322 g/mol. The average molecular weight is 340 g/mol. The van der Waals surface area contributed by atoms with Crippen LogP contribution in [0.1, 0.15) is 12.0 Å². The molecule has 0 heterocycles. The van der Waals surface area contributed by atoms with Crippen molar-refractivity contribution in [2.45, 2.75) is 17.7 Å². The molecule has 2 aromatic rings. The van der Waals surface area contributed by atoms with Gasteiger partial charge in [0.2, 0.25) is 10.0 Å². The van der Waals surface area contributed by atoms with Gasteiger partial charge >= 0.3 is 0 Å². The maximum absolute atomic E-state index is 12.3. The molecule has 0 bridgehead atoms. The van der Waals surface area contributed by atoms with Crippen molar-refractivity contribution in [3.8, 4) is 5.75 Å². The van der Waals surface area contributed by atoms with Crippen LogP contribution in [0.5, 0.6) is 5.75 Å². The smallest absolute Gasteiger partial charge is 0.244 e. The molecule has 2 rings (SSSR count). The third-order valence-electron chi connectivity index (χ3n) is 3.19. The molecule has 0 fully saturated rings. The standard InChI is InChI=1S/C16H18ClNO3S/c1-21-15-10-9-14(17)12-16(15)22(19,20)18-11-5-8-13-6-3-2-4-7-13/h2-4,6-7,9-10,12,18H,5,8,11H2,1H3. The molecule has 6 heteroatoms. The fourth-order valence-corrected chi connectivity index (χ4v) is 3.59. The minimum atomic E-state index is -3.64. The molecule has 0 aliphatic heterocycles. The van der Waals surface area contributed by atoms with Crippen LogP contribution in [-0.2, 0) is 16.4 Å². The molecule has 0 saturated carbocycles. The molecule has 22 heavy (non-hydrogen) atoms. The van der Waals surface area contributed by atoms with Crippen LogP contribution in [0, 0.1) is 0 Å². The lowest BCUT2D eigenvalue weighted by Crippen LogP contribution is -2.25. The number of ether oxygens (including phenoxy) is 1. The number of rotatable bonds is 7. The van der Waals surface area contributed by atoms with E-state index in [4.69, 9.17) is 16.3 Å². The van der Waals surface area contributed by atoms with E-state index in [1.54, 1.807) is 12.1 Å². The molecule has 0 aliphatic carbocycles. The molecule has 0 aromatic heterocycles. The van der Waals surface area contributed by atoms with Gasteiger partial charge in [-0.05, 0) is 36.6 Å². The molecular formula is C16H18ClNO3S. The minimum Gasteiger partial charge on any atom is -0.495 e. The van der Waals surface area contributed by atoms with Crippen molar-refractivity contribution in [1.29, 1.82) is 0 Å². The minimum absolute atomic E-state index is 0.0576. The summed E-state index contributed by atoms with van der Waals surface area (Å²) in [5.41, 5.74) is 1.18. The molecule has 1 N–H and O–H groups in total. The zero-order valence-electron chi connectivity index (χ0n) is 12.3. The van der Waals surface area contributed by atoms with E-state index in [9.17, 15) is 8.42 Å². The lowest BCUT2D eigenvalue weighted by Gasteiger charge is -2.11. The van der Waals surface area contributed by atoms with E-state index in [0.717, 1.165) is 6.42 Å². The van der Waals surface area contributed by atoms with Gasteiger partial charge in [-0.1, -0.05) is 41.9 Å². The van der Waals surface area contributed by atoms with Gasteiger partial charge < -0.3 is 4.74 Å².